The monoisotopic (exact) mass is 936 g/mol. The molecule has 6 heteroatoms. The van der Waals surface area contributed by atoms with Crippen molar-refractivity contribution in [3.8, 4) is 0 Å². The van der Waals surface area contributed by atoms with Crippen LogP contribution < -0.4 is 5.32 Å². The molecule has 0 aliphatic heterocycles. The zero-order valence-electron chi connectivity index (χ0n) is 44.3. The van der Waals surface area contributed by atoms with E-state index in [0.29, 0.717) is 19.3 Å². The van der Waals surface area contributed by atoms with Crippen molar-refractivity contribution >= 4 is 11.9 Å². The number of allylic oxidation sites excluding steroid dienone is 12. The van der Waals surface area contributed by atoms with Crippen LogP contribution in [-0.4, -0.2) is 46.9 Å². The van der Waals surface area contributed by atoms with Crippen molar-refractivity contribution in [1.82, 2.24) is 5.32 Å². The van der Waals surface area contributed by atoms with Crippen molar-refractivity contribution in [1.29, 1.82) is 0 Å². The molecule has 0 aliphatic carbocycles. The van der Waals surface area contributed by atoms with Gasteiger partial charge in [-0.2, -0.15) is 0 Å². The van der Waals surface area contributed by atoms with Gasteiger partial charge in [0.05, 0.1) is 25.2 Å². The average Bonchev–Trinajstić information content (AvgIpc) is 3.32. The fraction of sp³-hybridized carbons (Fsp3) is 0.770. The van der Waals surface area contributed by atoms with Gasteiger partial charge >= 0.3 is 5.97 Å². The third-order valence-electron chi connectivity index (χ3n) is 12.8. The molecular formula is C61H109NO5. The van der Waals surface area contributed by atoms with Crippen molar-refractivity contribution in [3.63, 3.8) is 0 Å². The second kappa shape index (κ2) is 54.2. The van der Waals surface area contributed by atoms with Crippen LogP contribution in [0.15, 0.2) is 72.9 Å². The first kappa shape index (κ1) is 64.3. The maximum atomic E-state index is 13.3. The Balaban J connectivity index is 4.66. The Morgan fingerprint density at radius 1 is 0.448 bits per heavy atom. The molecule has 67 heavy (non-hydrogen) atoms. The molecule has 388 valence electrons. The zero-order valence-corrected chi connectivity index (χ0v) is 44.3. The van der Waals surface area contributed by atoms with Gasteiger partial charge in [0.25, 0.3) is 0 Å². The Morgan fingerprint density at radius 2 is 0.821 bits per heavy atom. The van der Waals surface area contributed by atoms with E-state index in [9.17, 15) is 19.8 Å². The molecule has 0 bridgehead atoms. The first-order valence-corrected chi connectivity index (χ1v) is 28.7. The van der Waals surface area contributed by atoms with Gasteiger partial charge in [-0.05, 0) is 89.9 Å². The number of carbonyl (C=O) groups is 2. The van der Waals surface area contributed by atoms with Crippen LogP contribution in [0.4, 0.5) is 0 Å². The van der Waals surface area contributed by atoms with Crippen LogP contribution in [-0.2, 0) is 14.3 Å². The lowest BCUT2D eigenvalue weighted by Crippen LogP contribution is -2.46. The molecule has 0 aromatic heterocycles. The number of aliphatic hydroxyl groups excluding tert-OH is 2. The van der Waals surface area contributed by atoms with Gasteiger partial charge in [0, 0.05) is 6.42 Å². The molecule has 0 aromatic rings. The molecule has 3 N–H and O–H groups in total. The van der Waals surface area contributed by atoms with Crippen LogP contribution in [0.25, 0.3) is 0 Å². The molecule has 0 rings (SSSR count). The van der Waals surface area contributed by atoms with E-state index in [0.717, 1.165) is 83.5 Å². The molecule has 0 heterocycles. The van der Waals surface area contributed by atoms with Crippen molar-refractivity contribution in [2.45, 2.75) is 296 Å². The number of amides is 1. The highest BCUT2D eigenvalue weighted by atomic mass is 16.5. The summed E-state index contributed by atoms with van der Waals surface area (Å²) in [5.74, 6) is -0.531. The van der Waals surface area contributed by atoms with Gasteiger partial charge in [-0.3, -0.25) is 9.59 Å². The number of hydrogen-bond acceptors (Lipinski definition) is 5. The molecule has 1 amide bonds. The van der Waals surface area contributed by atoms with Gasteiger partial charge in [0.1, 0.15) is 6.10 Å². The van der Waals surface area contributed by atoms with Crippen LogP contribution in [0.2, 0.25) is 0 Å². The fourth-order valence-electron chi connectivity index (χ4n) is 8.46. The maximum absolute atomic E-state index is 13.3. The molecule has 0 aromatic carbocycles. The molecule has 0 aliphatic rings. The summed E-state index contributed by atoms with van der Waals surface area (Å²) in [6.45, 7) is 6.36. The Bertz CT molecular complexity index is 1230. The molecule has 0 spiro atoms. The maximum Gasteiger partial charge on any atom is 0.306 e. The van der Waals surface area contributed by atoms with Crippen molar-refractivity contribution in [3.05, 3.63) is 72.9 Å². The summed E-state index contributed by atoms with van der Waals surface area (Å²) in [5, 5.41) is 23.9. The number of carbonyl (C=O) groups excluding carboxylic acids is 2. The highest BCUT2D eigenvalue weighted by molar-refractivity contribution is 5.77. The minimum atomic E-state index is -0.807. The lowest BCUT2D eigenvalue weighted by atomic mass is 10.0. The van der Waals surface area contributed by atoms with Crippen molar-refractivity contribution in [2.75, 3.05) is 6.61 Å². The van der Waals surface area contributed by atoms with Crippen LogP contribution >= 0.6 is 0 Å². The minimum Gasteiger partial charge on any atom is -0.462 e. The van der Waals surface area contributed by atoms with Gasteiger partial charge in [-0.15, -0.1) is 0 Å². The number of rotatable bonds is 51. The fourth-order valence-corrected chi connectivity index (χ4v) is 8.46. The number of ether oxygens (including phenoxy) is 1. The second-order valence-corrected chi connectivity index (χ2v) is 19.3. The van der Waals surface area contributed by atoms with E-state index in [-0.39, 0.29) is 24.9 Å². The third kappa shape index (κ3) is 49.5. The summed E-state index contributed by atoms with van der Waals surface area (Å²) in [6, 6.07) is -0.724. The highest BCUT2D eigenvalue weighted by Gasteiger charge is 2.24. The van der Waals surface area contributed by atoms with E-state index in [4.69, 9.17) is 4.74 Å². The summed E-state index contributed by atoms with van der Waals surface area (Å²) in [6.07, 6.45) is 69.7. The lowest BCUT2D eigenvalue weighted by molar-refractivity contribution is -0.151. The third-order valence-corrected chi connectivity index (χ3v) is 12.8. The molecule has 0 radical (unpaired) electrons. The molecule has 3 atom stereocenters. The number of esters is 1. The van der Waals surface area contributed by atoms with E-state index in [1.54, 1.807) is 0 Å². The van der Waals surface area contributed by atoms with Gasteiger partial charge < -0.3 is 20.3 Å². The van der Waals surface area contributed by atoms with Crippen LogP contribution in [0.1, 0.15) is 278 Å². The molecule has 0 saturated carbocycles. The summed E-state index contributed by atoms with van der Waals surface area (Å²) in [4.78, 5) is 26.3. The second-order valence-electron chi connectivity index (χ2n) is 19.3. The number of aliphatic hydroxyl groups is 2. The predicted molar refractivity (Wildman–Crippen MR) is 291 cm³/mol. The van der Waals surface area contributed by atoms with E-state index in [1.807, 2.05) is 0 Å². The van der Waals surface area contributed by atoms with E-state index < -0.39 is 18.2 Å². The Hall–Kier alpha value is -2.70. The first-order chi connectivity index (χ1) is 33.0. The Morgan fingerprint density at radius 3 is 1.28 bits per heavy atom. The number of hydrogen-bond donors (Lipinski definition) is 3. The number of nitrogens with one attached hydrogen (secondary N) is 1. The summed E-state index contributed by atoms with van der Waals surface area (Å²) >= 11 is 0. The van der Waals surface area contributed by atoms with Crippen molar-refractivity contribution < 1.29 is 24.5 Å². The molecule has 0 saturated heterocycles. The van der Waals surface area contributed by atoms with E-state index in [2.05, 4.69) is 99.0 Å². The first-order valence-electron chi connectivity index (χ1n) is 28.7. The predicted octanol–water partition coefficient (Wildman–Crippen LogP) is 17.7. The minimum absolute atomic E-state index is 0.0354. The molecule has 0 fully saturated rings. The topological polar surface area (TPSA) is 95.9 Å². The average molecular weight is 937 g/mol. The quantitative estimate of drug-likeness (QED) is 0.0321. The van der Waals surface area contributed by atoms with Gasteiger partial charge in [-0.25, -0.2) is 0 Å². The van der Waals surface area contributed by atoms with Crippen molar-refractivity contribution in [2.24, 2.45) is 0 Å². The molecule has 6 nitrogen and oxygen atoms in total. The van der Waals surface area contributed by atoms with E-state index >= 15 is 0 Å². The van der Waals surface area contributed by atoms with Crippen LogP contribution in [0, 0.1) is 0 Å². The van der Waals surface area contributed by atoms with Gasteiger partial charge in [0.15, 0.2) is 0 Å². The van der Waals surface area contributed by atoms with Crippen LogP contribution in [0.5, 0.6) is 0 Å². The largest absolute Gasteiger partial charge is 0.462 e. The SMILES string of the molecule is CC/C=C\C/C=C\C/C=C\C/C=C\C/C=C\CCCC(CC(=O)NC(CO)C(O)CCCCCCCCCCCCCCCCCC)OC(=O)CCCCCCCCC/C=C\CCCCCC. The van der Waals surface area contributed by atoms with Gasteiger partial charge in [-0.1, -0.05) is 248 Å². The Labute approximate surface area is 415 Å². The molecule has 3 unspecified atom stereocenters. The summed E-state index contributed by atoms with van der Waals surface area (Å²) in [7, 11) is 0. The Kier molecular flexibility index (Phi) is 52.1. The smallest absolute Gasteiger partial charge is 0.306 e. The number of unbranched alkanes of at least 4 members (excludes halogenated alkanes) is 27. The standard InChI is InChI=1S/C61H109NO5/c1-4-7-10-13-16-19-22-25-28-30-32-34-37-40-43-46-49-52-57(67-61(66)54-51-48-45-42-39-36-31-27-24-21-18-15-12-9-6-3)55-60(65)62-58(56-63)59(64)53-50-47-44-41-38-35-33-29-26-23-20-17-14-11-8-5-2/h7,10,16,19,21,24-25,28,32,34,40,43,57-59,63-64H,4-6,8-9,11-15,17-18,20,22-23,26-27,29-31,33,35-39,41-42,44-56H2,1-3H3,(H,62,65)/b10-7-,19-16-,24-21-,28-25-,34-32-,43-40-. The summed E-state index contributed by atoms with van der Waals surface area (Å²) in [5.41, 5.74) is 0. The normalized spacial score (nSPS) is 13.7. The van der Waals surface area contributed by atoms with Crippen LogP contribution in [0.3, 0.4) is 0 Å². The van der Waals surface area contributed by atoms with E-state index in [1.165, 1.54) is 148 Å². The zero-order chi connectivity index (χ0) is 48.8. The highest BCUT2D eigenvalue weighted by Crippen LogP contribution is 2.17. The summed E-state index contributed by atoms with van der Waals surface area (Å²) < 4.78 is 5.93. The molecular weight excluding hydrogens is 827 g/mol. The van der Waals surface area contributed by atoms with Gasteiger partial charge in [0.2, 0.25) is 5.91 Å². The lowest BCUT2D eigenvalue weighted by Gasteiger charge is -2.24.